The fraction of sp³-hybridized carbons (Fsp3) is 0.400. The molecule has 0 radical (unpaired) electrons. The van der Waals surface area contributed by atoms with Crippen LogP contribution in [0.4, 0.5) is 0 Å². The Morgan fingerprint density at radius 2 is 1.65 bits per heavy atom. The van der Waals surface area contributed by atoms with Crippen LogP contribution in [-0.2, 0) is 16.1 Å². The van der Waals surface area contributed by atoms with Crippen molar-refractivity contribution in [3.8, 4) is 0 Å². The van der Waals surface area contributed by atoms with Crippen LogP contribution in [0.15, 0.2) is 60.7 Å². The van der Waals surface area contributed by atoms with Crippen molar-refractivity contribution in [3.63, 3.8) is 0 Å². The molecule has 1 heterocycles. The van der Waals surface area contributed by atoms with Gasteiger partial charge >= 0.3 is 0 Å². The highest BCUT2D eigenvalue weighted by atomic mass is 16.5. The van der Waals surface area contributed by atoms with E-state index in [9.17, 15) is 5.11 Å². The molecule has 3 rings (SSSR count). The summed E-state index contributed by atoms with van der Waals surface area (Å²) >= 11 is 0. The fourth-order valence-electron chi connectivity index (χ4n) is 3.04. The summed E-state index contributed by atoms with van der Waals surface area (Å²) in [5, 5.41) is 10.1. The summed E-state index contributed by atoms with van der Waals surface area (Å²) in [5.74, 6) is 0. The molecule has 3 atom stereocenters. The quantitative estimate of drug-likeness (QED) is 0.823. The molecule has 0 amide bonds. The monoisotopic (exact) mass is 312 g/mol. The normalized spacial score (nSPS) is 24.5. The van der Waals surface area contributed by atoms with Gasteiger partial charge in [-0.1, -0.05) is 60.7 Å². The van der Waals surface area contributed by atoms with E-state index in [0.717, 1.165) is 12.0 Å². The van der Waals surface area contributed by atoms with Crippen LogP contribution >= 0.6 is 0 Å². The van der Waals surface area contributed by atoms with Crippen LogP contribution in [0.2, 0.25) is 0 Å². The molecule has 3 nitrogen and oxygen atoms in total. The van der Waals surface area contributed by atoms with E-state index in [1.807, 2.05) is 36.4 Å². The van der Waals surface area contributed by atoms with E-state index in [2.05, 4.69) is 24.3 Å². The summed E-state index contributed by atoms with van der Waals surface area (Å²) in [6.07, 6.45) is 1.92. The molecule has 0 unspecified atom stereocenters. The standard InChI is InChI=1S/C20H24O3/c21-18-13-19(11-12-22-15-16-7-3-1-4-8-16)23-20(14-18)17-9-5-2-6-10-17/h1-10,18-21H,11-15H2/t18-,19+,20-/m0/s1. The highest BCUT2D eigenvalue weighted by Crippen LogP contribution is 2.32. The lowest BCUT2D eigenvalue weighted by atomic mass is 9.95. The van der Waals surface area contributed by atoms with Gasteiger partial charge in [0.05, 0.1) is 24.9 Å². The van der Waals surface area contributed by atoms with Gasteiger partial charge in [0.25, 0.3) is 0 Å². The highest BCUT2D eigenvalue weighted by molar-refractivity contribution is 5.18. The van der Waals surface area contributed by atoms with Gasteiger partial charge < -0.3 is 14.6 Å². The van der Waals surface area contributed by atoms with E-state index in [0.29, 0.717) is 26.1 Å². The average Bonchev–Trinajstić information content (AvgIpc) is 2.60. The Morgan fingerprint density at radius 3 is 2.39 bits per heavy atom. The van der Waals surface area contributed by atoms with E-state index in [-0.39, 0.29) is 18.3 Å². The molecule has 1 N–H and O–H groups in total. The van der Waals surface area contributed by atoms with Crippen molar-refractivity contribution in [1.82, 2.24) is 0 Å². The van der Waals surface area contributed by atoms with Gasteiger partial charge in [-0.3, -0.25) is 0 Å². The van der Waals surface area contributed by atoms with E-state index in [1.165, 1.54) is 5.56 Å². The molecule has 1 saturated heterocycles. The van der Waals surface area contributed by atoms with Crippen LogP contribution in [-0.4, -0.2) is 23.9 Å². The van der Waals surface area contributed by atoms with Crippen molar-refractivity contribution in [2.24, 2.45) is 0 Å². The van der Waals surface area contributed by atoms with Crippen LogP contribution in [0.5, 0.6) is 0 Å². The molecule has 0 aromatic heterocycles. The predicted octanol–water partition coefficient (Wildman–Crippen LogP) is 3.87. The third-order valence-corrected chi connectivity index (χ3v) is 4.24. The van der Waals surface area contributed by atoms with Gasteiger partial charge in [-0.2, -0.15) is 0 Å². The number of aliphatic hydroxyl groups excluding tert-OH is 1. The van der Waals surface area contributed by atoms with Crippen molar-refractivity contribution < 1.29 is 14.6 Å². The van der Waals surface area contributed by atoms with Crippen molar-refractivity contribution in [2.75, 3.05) is 6.61 Å². The first kappa shape index (κ1) is 16.2. The minimum Gasteiger partial charge on any atom is -0.393 e. The number of benzene rings is 2. The third kappa shape index (κ3) is 4.90. The molecule has 0 spiro atoms. The molecule has 0 aliphatic carbocycles. The Bertz CT molecular complexity index is 570. The summed E-state index contributed by atoms with van der Waals surface area (Å²) in [5.41, 5.74) is 2.32. The van der Waals surface area contributed by atoms with E-state index in [1.54, 1.807) is 0 Å². The fourth-order valence-corrected chi connectivity index (χ4v) is 3.04. The lowest BCUT2D eigenvalue weighted by Gasteiger charge is -2.33. The van der Waals surface area contributed by atoms with E-state index in [4.69, 9.17) is 9.47 Å². The lowest BCUT2D eigenvalue weighted by Crippen LogP contribution is -2.32. The lowest BCUT2D eigenvalue weighted by molar-refractivity contribution is -0.107. The number of aliphatic hydroxyl groups is 1. The van der Waals surface area contributed by atoms with Gasteiger partial charge in [-0.05, 0) is 24.0 Å². The molecule has 2 aromatic rings. The van der Waals surface area contributed by atoms with Crippen LogP contribution in [0.25, 0.3) is 0 Å². The van der Waals surface area contributed by atoms with Crippen molar-refractivity contribution in [3.05, 3.63) is 71.8 Å². The molecule has 0 bridgehead atoms. The van der Waals surface area contributed by atoms with Crippen LogP contribution in [0.1, 0.15) is 36.5 Å². The summed E-state index contributed by atoms with van der Waals surface area (Å²) < 4.78 is 11.9. The average molecular weight is 312 g/mol. The Morgan fingerprint density at radius 1 is 0.957 bits per heavy atom. The Hall–Kier alpha value is -1.68. The van der Waals surface area contributed by atoms with Gasteiger partial charge in [-0.15, -0.1) is 0 Å². The highest BCUT2D eigenvalue weighted by Gasteiger charge is 2.28. The Kier molecular flexibility index (Phi) is 5.81. The second-order valence-electron chi connectivity index (χ2n) is 6.11. The van der Waals surface area contributed by atoms with Gasteiger partial charge in [0.2, 0.25) is 0 Å². The van der Waals surface area contributed by atoms with Gasteiger partial charge in [0.15, 0.2) is 0 Å². The maximum Gasteiger partial charge on any atom is 0.0853 e. The second-order valence-corrected chi connectivity index (χ2v) is 6.11. The van der Waals surface area contributed by atoms with Gasteiger partial charge in [-0.25, -0.2) is 0 Å². The summed E-state index contributed by atoms with van der Waals surface area (Å²) in [4.78, 5) is 0. The smallest absolute Gasteiger partial charge is 0.0853 e. The number of ether oxygens (including phenoxy) is 2. The topological polar surface area (TPSA) is 38.7 Å². The van der Waals surface area contributed by atoms with Crippen molar-refractivity contribution in [2.45, 2.75) is 44.2 Å². The summed E-state index contributed by atoms with van der Waals surface area (Å²) in [6.45, 7) is 1.27. The Balaban J connectivity index is 1.46. The molecule has 1 aliphatic heterocycles. The minimum atomic E-state index is -0.298. The van der Waals surface area contributed by atoms with Gasteiger partial charge in [0, 0.05) is 13.0 Å². The largest absolute Gasteiger partial charge is 0.393 e. The predicted molar refractivity (Wildman–Crippen MR) is 90.0 cm³/mol. The first-order chi connectivity index (χ1) is 11.3. The summed E-state index contributed by atoms with van der Waals surface area (Å²) in [6, 6.07) is 20.3. The van der Waals surface area contributed by atoms with Crippen molar-refractivity contribution in [1.29, 1.82) is 0 Å². The molecule has 3 heteroatoms. The molecule has 1 aliphatic rings. The number of hydrogen-bond donors (Lipinski definition) is 1. The second kappa shape index (κ2) is 8.25. The molecular formula is C20H24O3. The molecule has 2 aromatic carbocycles. The zero-order valence-electron chi connectivity index (χ0n) is 13.3. The number of rotatable bonds is 6. The molecule has 23 heavy (non-hydrogen) atoms. The minimum absolute atomic E-state index is 0.0147. The van der Waals surface area contributed by atoms with E-state index >= 15 is 0 Å². The first-order valence-electron chi connectivity index (χ1n) is 8.31. The molecule has 122 valence electrons. The maximum absolute atomic E-state index is 10.1. The van der Waals surface area contributed by atoms with Crippen molar-refractivity contribution >= 4 is 0 Å². The maximum atomic E-state index is 10.1. The van der Waals surface area contributed by atoms with Crippen LogP contribution in [0.3, 0.4) is 0 Å². The van der Waals surface area contributed by atoms with E-state index < -0.39 is 0 Å². The SMILES string of the molecule is O[C@H]1C[C@@H](CCOCc2ccccc2)O[C@H](c2ccccc2)C1. The first-order valence-corrected chi connectivity index (χ1v) is 8.31. The zero-order valence-corrected chi connectivity index (χ0v) is 13.3. The number of hydrogen-bond acceptors (Lipinski definition) is 3. The molecular weight excluding hydrogens is 288 g/mol. The Labute approximate surface area is 137 Å². The molecule has 0 saturated carbocycles. The molecule has 1 fully saturated rings. The summed E-state index contributed by atoms with van der Waals surface area (Å²) in [7, 11) is 0. The third-order valence-electron chi connectivity index (χ3n) is 4.24. The van der Waals surface area contributed by atoms with Crippen LogP contribution in [0, 0.1) is 0 Å². The zero-order chi connectivity index (χ0) is 15.9. The van der Waals surface area contributed by atoms with Crippen LogP contribution < -0.4 is 0 Å². The van der Waals surface area contributed by atoms with Gasteiger partial charge in [0.1, 0.15) is 0 Å².